The number of carbonyl (C=O) groups excluding carboxylic acids is 1. The van der Waals surface area contributed by atoms with E-state index in [1.54, 1.807) is 0 Å². The van der Waals surface area contributed by atoms with Crippen LogP contribution in [0.25, 0.3) is 0 Å². The highest BCUT2D eigenvalue weighted by atomic mass is 19.3. The van der Waals surface area contributed by atoms with E-state index in [1.165, 1.54) is 32.0 Å². The Morgan fingerprint density at radius 1 is 1.23 bits per heavy atom. The first kappa shape index (κ1) is 18.2. The van der Waals surface area contributed by atoms with Crippen molar-refractivity contribution in [2.45, 2.75) is 32.4 Å². The molecule has 0 saturated heterocycles. The summed E-state index contributed by atoms with van der Waals surface area (Å²) in [6, 6.07) is 4.11. The molecular weight excluding hydrogens is 306 g/mol. The Balaban J connectivity index is 3.19. The molecule has 1 aromatic rings. The predicted octanol–water partition coefficient (Wildman–Crippen LogP) is 3.12. The van der Waals surface area contributed by atoms with Gasteiger partial charge in [-0.25, -0.2) is 0 Å². The largest absolute Gasteiger partial charge is 0.469 e. The predicted molar refractivity (Wildman–Crippen MR) is 70.7 cm³/mol. The molecule has 0 unspecified atom stereocenters. The van der Waals surface area contributed by atoms with Crippen molar-refractivity contribution in [1.29, 1.82) is 0 Å². The minimum Gasteiger partial charge on any atom is -0.469 e. The van der Waals surface area contributed by atoms with E-state index >= 15 is 0 Å². The summed E-state index contributed by atoms with van der Waals surface area (Å²) in [6.45, 7) is 2.90. The molecule has 4 nitrogen and oxygen atoms in total. The number of hydrogen-bond acceptors (Lipinski definition) is 4. The summed E-state index contributed by atoms with van der Waals surface area (Å²) < 4.78 is 59.4. The van der Waals surface area contributed by atoms with Gasteiger partial charge in [0.25, 0.3) is 0 Å². The summed E-state index contributed by atoms with van der Waals surface area (Å²) in [4.78, 5) is 11.7. The van der Waals surface area contributed by atoms with E-state index in [-0.39, 0.29) is 5.56 Å². The van der Waals surface area contributed by atoms with E-state index in [9.17, 15) is 22.4 Å². The van der Waals surface area contributed by atoms with Crippen molar-refractivity contribution < 1.29 is 31.8 Å². The Bertz CT molecular complexity index is 535. The van der Waals surface area contributed by atoms with E-state index in [0.717, 1.165) is 13.2 Å². The molecule has 1 rings (SSSR count). The molecule has 8 heteroatoms. The van der Waals surface area contributed by atoms with Gasteiger partial charge in [-0.2, -0.15) is 17.6 Å². The Morgan fingerprint density at radius 2 is 1.77 bits per heavy atom. The fourth-order valence-corrected chi connectivity index (χ4v) is 1.80. The van der Waals surface area contributed by atoms with E-state index in [2.05, 4.69) is 9.47 Å². The molecular formula is C14H17F4NO3. The number of ether oxygens (including phenoxy) is 2. The third kappa shape index (κ3) is 3.68. The smallest absolute Gasteiger partial charge is 0.461 e. The normalized spacial score (nSPS) is 13.9. The van der Waals surface area contributed by atoms with Gasteiger partial charge in [-0.05, 0) is 19.9 Å². The van der Waals surface area contributed by atoms with E-state index in [1.807, 2.05) is 0 Å². The van der Waals surface area contributed by atoms with Crippen LogP contribution in [0.3, 0.4) is 0 Å². The van der Waals surface area contributed by atoms with Gasteiger partial charge in [0, 0.05) is 11.6 Å². The van der Waals surface area contributed by atoms with Crippen LogP contribution in [-0.4, -0.2) is 25.6 Å². The molecule has 0 bridgehead atoms. The fraction of sp³-hybridized carbons (Fsp3) is 0.500. The van der Waals surface area contributed by atoms with Crippen molar-refractivity contribution in [2.24, 2.45) is 11.1 Å². The van der Waals surface area contributed by atoms with Crippen molar-refractivity contribution in [3.8, 4) is 5.75 Å². The molecule has 1 atom stereocenters. The highest BCUT2D eigenvalue weighted by molar-refractivity contribution is 5.77. The van der Waals surface area contributed by atoms with E-state index in [4.69, 9.17) is 5.73 Å². The fourth-order valence-electron chi connectivity index (χ4n) is 1.80. The van der Waals surface area contributed by atoms with Crippen molar-refractivity contribution in [3.05, 3.63) is 29.8 Å². The van der Waals surface area contributed by atoms with Gasteiger partial charge in [0.05, 0.1) is 12.5 Å². The molecule has 0 spiro atoms. The molecule has 0 saturated carbocycles. The Morgan fingerprint density at radius 3 is 2.27 bits per heavy atom. The molecule has 0 aliphatic heterocycles. The molecule has 0 fully saturated rings. The third-order valence-electron chi connectivity index (χ3n) is 3.24. The highest BCUT2D eigenvalue weighted by Crippen LogP contribution is 2.39. The first-order chi connectivity index (χ1) is 10.0. The zero-order valence-electron chi connectivity index (χ0n) is 12.3. The SMILES string of the molecule is COC(=O)C(C)(C)[C@H](N)c1ccccc1OC(F)(F)C(F)F. The Labute approximate surface area is 125 Å². The average molecular weight is 323 g/mol. The summed E-state index contributed by atoms with van der Waals surface area (Å²) in [5, 5.41) is 0. The van der Waals surface area contributed by atoms with E-state index in [0.29, 0.717) is 0 Å². The van der Waals surface area contributed by atoms with Gasteiger partial charge in [-0.15, -0.1) is 0 Å². The number of halogens is 4. The second-order valence-electron chi connectivity index (χ2n) is 5.19. The van der Waals surface area contributed by atoms with Crippen LogP contribution in [0.2, 0.25) is 0 Å². The minimum atomic E-state index is -4.66. The molecule has 0 aliphatic carbocycles. The van der Waals surface area contributed by atoms with Gasteiger partial charge in [0.15, 0.2) is 0 Å². The lowest BCUT2D eigenvalue weighted by Gasteiger charge is -2.30. The number of nitrogens with two attached hydrogens (primary N) is 1. The maximum atomic E-state index is 13.1. The van der Waals surface area contributed by atoms with E-state index < -0.39 is 35.7 Å². The lowest BCUT2D eigenvalue weighted by atomic mass is 9.80. The van der Waals surface area contributed by atoms with Crippen molar-refractivity contribution in [3.63, 3.8) is 0 Å². The lowest BCUT2D eigenvalue weighted by molar-refractivity contribution is -0.253. The monoisotopic (exact) mass is 323 g/mol. The maximum absolute atomic E-state index is 13.1. The van der Waals surface area contributed by atoms with Crippen molar-refractivity contribution >= 4 is 5.97 Å². The molecule has 0 radical (unpaired) electrons. The van der Waals surface area contributed by atoms with Gasteiger partial charge in [0.2, 0.25) is 0 Å². The van der Waals surface area contributed by atoms with Crippen molar-refractivity contribution in [1.82, 2.24) is 0 Å². The highest BCUT2D eigenvalue weighted by Gasteiger charge is 2.45. The second kappa shape index (κ2) is 6.51. The zero-order chi connectivity index (χ0) is 17.1. The second-order valence-corrected chi connectivity index (χ2v) is 5.19. The molecule has 0 heterocycles. The van der Waals surface area contributed by atoms with Crippen LogP contribution >= 0.6 is 0 Å². The summed E-state index contributed by atoms with van der Waals surface area (Å²) >= 11 is 0. The van der Waals surface area contributed by atoms with Crippen LogP contribution in [0.5, 0.6) is 5.75 Å². The third-order valence-corrected chi connectivity index (χ3v) is 3.24. The average Bonchev–Trinajstić information content (AvgIpc) is 2.45. The number of rotatable bonds is 6. The first-order valence-electron chi connectivity index (χ1n) is 6.32. The lowest BCUT2D eigenvalue weighted by Crippen LogP contribution is -2.39. The Hall–Kier alpha value is -1.83. The summed E-state index contributed by atoms with van der Waals surface area (Å²) in [5.41, 5.74) is 4.66. The Kier molecular flexibility index (Phi) is 5.39. The van der Waals surface area contributed by atoms with Gasteiger partial charge >= 0.3 is 18.5 Å². The summed E-state index contributed by atoms with van der Waals surface area (Å²) in [6.07, 6.45) is -8.66. The molecule has 0 aromatic heterocycles. The van der Waals surface area contributed by atoms with Crippen LogP contribution in [0.15, 0.2) is 24.3 Å². The van der Waals surface area contributed by atoms with Gasteiger partial charge in [-0.1, -0.05) is 18.2 Å². The number of benzene rings is 1. The standard InChI is InChI=1S/C14H17F4NO3/c1-13(2,12(20)21-3)10(19)8-6-4-5-7-9(8)22-14(17,18)11(15)16/h4-7,10-11H,19H2,1-3H3/t10-/m1/s1. The van der Waals surface area contributed by atoms with Crippen molar-refractivity contribution in [2.75, 3.05) is 7.11 Å². The zero-order valence-corrected chi connectivity index (χ0v) is 12.3. The van der Waals surface area contributed by atoms with Crippen LogP contribution in [-0.2, 0) is 9.53 Å². The van der Waals surface area contributed by atoms with Crippen LogP contribution in [0.1, 0.15) is 25.5 Å². The topological polar surface area (TPSA) is 61.5 Å². The van der Waals surface area contributed by atoms with Crippen LogP contribution in [0, 0.1) is 5.41 Å². The number of carbonyl (C=O) groups is 1. The molecule has 124 valence electrons. The minimum absolute atomic E-state index is 0.00164. The molecule has 1 aromatic carbocycles. The molecule has 2 N–H and O–H groups in total. The summed E-state index contributed by atoms with van der Waals surface area (Å²) in [7, 11) is 1.16. The number of para-hydroxylation sites is 1. The first-order valence-corrected chi connectivity index (χ1v) is 6.32. The molecule has 0 aliphatic rings. The van der Waals surface area contributed by atoms with Gasteiger partial charge in [-0.3, -0.25) is 4.79 Å². The van der Waals surface area contributed by atoms with Crippen LogP contribution in [0.4, 0.5) is 17.6 Å². The van der Waals surface area contributed by atoms with Gasteiger partial charge in [0.1, 0.15) is 5.75 Å². The quantitative estimate of drug-likeness (QED) is 0.645. The number of hydrogen-bond donors (Lipinski definition) is 1. The maximum Gasteiger partial charge on any atom is 0.461 e. The number of methoxy groups -OCH3 is 1. The van der Waals surface area contributed by atoms with Gasteiger partial charge < -0.3 is 15.2 Å². The number of alkyl halides is 4. The molecule has 0 amide bonds. The van der Waals surface area contributed by atoms with Crippen LogP contribution < -0.4 is 10.5 Å². The number of esters is 1. The summed E-state index contributed by atoms with van der Waals surface area (Å²) in [5.74, 6) is -1.19. The molecule has 22 heavy (non-hydrogen) atoms.